The summed E-state index contributed by atoms with van der Waals surface area (Å²) in [7, 11) is 0. The van der Waals surface area contributed by atoms with Crippen LogP contribution in [-0.2, 0) is 11.3 Å². The molecular formula is C19H21Cl2N5O2. The monoisotopic (exact) mass is 421 g/mol. The normalized spacial score (nSPS) is 13.5. The summed E-state index contributed by atoms with van der Waals surface area (Å²) in [6.45, 7) is 1.45. The van der Waals surface area contributed by atoms with E-state index in [-0.39, 0.29) is 12.5 Å². The number of anilines is 2. The molecule has 28 heavy (non-hydrogen) atoms. The Morgan fingerprint density at radius 2 is 1.79 bits per heavy atom. The Morgan fingerprint density at radius 1 is 1.04 bits per heavy atom. The fourth-order valence-corrected chi connectivity index (χ4v) is 3.45. The molecule has 1 saturated heterocycles. The van der Waals surface area contributed by atoms with E-state index in [0.717, 1.165) is 12.0 Å². The summed E-state index contributed by atoms with van der Waals surface area (Å²) in [5.74, 6) is -0.217. The van der Waals surface area contributed by atoms with Crippen molar-refractivity contribution in [3.05, 3.63) is 58.1 Å². The predicted molar refractivity (Wildman–Crippen MR) is 111 cm³/mol. The summed E-state index contributed by atoms with van der Waals surface area (Å²) in [5.41, 5.74) is 7.92. The lowest BCUT2D eigenvalue weighted by molar-refractivity contribution is -0.129. The summed E-state index contributed by atoms with van der Waals surface area (Å²) in [6.07, 6.45) is 0.814. The van der Waals surface area contributed by atoms with E-state index in [1.807, 2.05) is 17.1 Å². The van der Waals surface area contributed by atoms with Crippen LogP contribution in [0.4, 0.5) is 16.2 Å². The van der Waals surface area contributed by atoms with Gasteiger partial charge in [0.05, 0.1) is 10.7 Å². The Hall–Kier alpha value is -2.64. The van der Waals surface area contributed by atoms with Crippen molar-refractivity contribution in [1.29, 1.82) is 0 Å². The number of rotatable bonds is 5. The minimum Gasteiger partial charge on any atom is -0.399 e. The zero-order valence-corrected chi connectivity index (χ0v) is 16.6. The number of carbonyl (C=O) groups is 2. The Bertz CT molecular complexity index is 860. The van der Waals surface area contributed by atoms with Crippen LogP contribution >= 0.6 is 23.2 Å². The van der Waals surface area contributed by atoms with Crippen LogP contribution in [0.5, 0.6) is 0 Å². The number of hydrogen-bond acceptors (Lipinski definition) is 4. The minimum absolute atomic E-state index is 0.116. The highest BCUT2D eigenvalue weighted by molar-refractivity contribution is 6.36. The molecule has 1 heterocycles. The number of hydrogen-bond donors (Lipinski definition) is 3. The average molecular weight is 422 g/mol. The van der Waals surface area contributed by atoms with Gasteiger partial charge < -0.3 is 16.4 Å². The lowest BCUT2D eigenvalue weighted by Gasteiger charge is -2.30. The Morgan fingerprint density at radius 3 is 2.50 bits per heavy atom. The first-order valence-corrected chi connectivity index (χ1v) is 9.58. The molecule has 0 unspecified atom stereocenters. The van der Waals surface area contributed by atoms with Crippen LogP contribution in [-0.4, -0.2) is 36.6 Å². The molecule has 1 fully saturated rings. The van der Waals surface area contributed by atoms with Crippen molar-refractivity contribution in [2.24, 2.45) is 0 Å². The molecule has 0 radical (unpaired) electrons. The van der Waals surface area contributed by atoms with Gasteiger partial charge in [-0.15, -0.1) is 0 Å². The first-order valence-electron chi connectivity index (χ1n) is 8.83. The third-order valence-electron chi connectivity index (χ3n) is 4.34. The molecule has 0 aliphatic carbocycles. The first kappa shape index (κ1) is 20.1. The van der Waals surface area contributed by atoms with E-state index in [0.29, 0.717) is 41.1 Å². The molecule has 7 nitrogen and oxygen atoms in total. The molecule has 0 bridgehead atoms. The average Bonchev–Trinajstić information content (AvgIpc) is 3.15. The third-order valence-corrected chi connectivity index (χ3v) is 4.88. The summed E-state index contributed by atoms with van der Waals surface area (Å²) in [6, 6.07) is 11.9. The Kier molecular flexibility index (Phi) is 6.49. The predicted octanol–water partition coefficient (Wildman–Crippen LogP) is 3.03. The number of hydrazine groups is 1. The number of benzene rings is 2. The maximum Gasteiger partial charge on any atom is 0.315 e. The highest BCUT2D eigenvalue weighted by Crippen LogP contribution is 2.31. The molecule has 9 heteroatoms. The maximum absolute atomic E-state index is 12.6. The van der Waals surface area contributed by atoms with Gasteiger partial charge in [-0.2, -0.15) is 0 Å². The van der Waals surface area contributed by atoms with E-state index >= 15 is 0 Å². The second-order valence-corrected chi connectivity index (χ2v) is 7.21. The molecule has 1 aliphatic rings. The molecule has 1 aliphatic heterocycles. The van der Waals surface area contributed by atoms with Crippen molar-refractivity contribution < 1.29 is 9.59 Å². The number of nitrogen functional groups attached to an aromatic ring is 1. The van der Waals surface area contributed by atoms with E-state index in [4.69, 9.17) is 28.9 Å². The summed E-state index contributed by atoms with van der Waals surface area (Å²) in [5, 5.41) is 9.71. The molecular weight excluding hydrogens is 401 g/mol. The van der Waals surface area contributed by atoms with E-state index in [9.17, 15) is 9.59 Å². The zero-order chi connectivity index (χ0) is 20.1. The van der Waals surface area contributed by atoms with Crippen LogP contribution in [0.2, 0.25) is 10.0 Å². The van der Waals surface area contributed by atoms with Gasteiger partial charge in [0, 0.05) is 30.3 Å². The minimum atomic E-state index is -0.416. The van der Waals surface area contributed by atoms with Gasteiger partial charge in [-0.25, -0.2) is 4.79 Å². The molecule has 0 saturated carbocycles. The highest BCUT2D eigenvalue weighted by atomic mass is 35.5. The van der Waals surface area contributed by atoms with E-state index < -0.39 is 6.03 Å². The van der Waals surface area contributed by atoms with Crippen LogP contribution in [0.1, 0.15) is 12.0 Å². The van der Waals surface area contributed by atoms with Crippen LogP contribution in [0, 0.1) is 0 Å². The second-order valence-electron chi connectivity index (χ2n) is 6.37. The van der Waals surface area contributed by atoms with Crippen LogP contribution in [0.25, 0.3) is 0 Å². The lowest BCUT2D eigenvalue weighted by Crippen LogP contribution is -2.48. The Labute approximate surface area is 173 Å². The van der Waals surface area contributed by atoms with Crippen molar-refractivity contribution in [3.63, 3.8) is 0 Å². The zero-order valence-electron chi connectivity index (χ0n) is 15.1. The van der Waals surface area contributed by atoms with Crippen molar-refractivity contribution >= 4 is 46.5 Å². The van der Waals surface area contributed by atoms with Gasteiger partial charge in [0.25, 0.3) is 5.91 Å². The fraction of sp³-hybridized carbons (Fsp3) is 0.263. The maximum atomic E-state index is 12.6. The van der Waals surface area contributed by atoms with Crippen molar-refractivity contribution in [2.75, 3.05) is 30.4 Å². The van der Waals surface area contributed by atoms with Gasteiger partial charge in [0.15, 0.2) is 0 Å². The molecule has 2 aromatic carbocycles. The molecule has 0 aromatic heterocycles. The standard InChI is InChI=1S/C19H21Cl2N5O2/c20-14-4-7-17(16(21)10-14)25-8-1-9-26(25)18(27)12-24-19(28)23-11-13-2-5-15(22)6-3-13/h2-7,10H,1,8-9,11-12,22H2,(H2,23,24,28). The van der Waals surface area contributed by atoms with E-state index in [1.165, 1.54) is 0 Å². The summed E-state index contributed by atoms with van der Waals surface area (Å²) < 4.78 is 0. The van der Waals surface area contributed by atoms with E-state index in [1.54, 1.807) is 35.3 Å². The van der Waals surface area contributed by atoms with E-state index in [2.05, 4.69) is 10.6 Å². The van der Waals surface area contributed by atoms with Crippen molar-refractivity contribution in [3.8, 4) is 0 Å². The third kappa shape index (κ3) is 4.99. The number of nitrogens with one attached hydrogen (secondary N) is 2. The summed E-state index contributed by atoms with van der Waals surface area (Å²) >= 11 is 12.2. The quantitative estimate of drug-likeness (QED) is 0.647. The first-order chi connectivity index (χ1) is 13.4. The smallest absolute Gasteiger partial charge is 0.315 e. The van der Waals surface area contributed by atoms with Crippen molar-refractivity contribution in [1.82, 2.24) is 15.6 Å². The van der Waals surface area contributed by atoms with Gasteiger partial charge >= 0.3 is 6.03 Å². The number of nitrogens with two attached hydrogens (primary N) is 1. The molecule has 0 atom stereocenters. The number of halogens is 2. The fourth-order valence-electron chi connectivity index (χ4n) is 2.94. The van der Waals surface area contributed by atoms with Gasteiger partial charge in [0.2, 0.25) is 0 Å². The largest absolute Gasteiger partial charge is 0.399 e. The number of urea groups is 1. The van der Waals surface area contributed by atoms with Crippen molar-refractivity contribution in [2.45, 2.75) is 13.0 Å². The number of amides is 3. The molecule has 4 N–H and O–H groups in total. The van der Waals surface area contributed by atoms with Gasteiger partial charge in [-0.3, -0.25) is 14.8 Å². The molecule has 3 amide bonds. The SMILES string of the molecule is Nc1ccc(CNC(=O)NCC(=O)N2CCCN2c2ccc(Cl)cc2Cl)cc1. The Balaban J connectivity index is 1.52. The molecule has 3 rings (SSSR count). The lowest BCUT2D eigenvalue weighted by atomic mass is 10.2. The summed E-state index contributed by atoms with van der Waals surface area (Å²) in [4.78, 5) is 24.6. The number of carbonyl (C=O) groups excluding carboxylic acids is 2. The molecule has 2 aromatic rings. The topological polar surface area (TPSA) is 90.7 Å². The highest BCUT2D eigenvalue weighted by Gasteiger charge is 2.28. The van der Waals surface area contributed by atoms with Gasteiger partial charge in [-0.1, -0.05) is 35.3 Å². The van der Waals surface area contributed by atoms with Crippen LogP contribution < -0.4 is 21.4 Å². The van der Waals surface area contributed by atoms with Gasteiger partial charge in [0.1, 0.15) is 6.54 Å². The van der Waals surface area contributed by atoms with Gasteiger partial charge in [-0.05, 0) is 42.3 Å². The molecule has 148 valence electrons. The second kappa shape index (κ2) is 9.03. The number of nitrogens with zero attached hydrogens (tertiary/aromatic N) is 2. The molecule has 0 spiro atoms. The van der Waals surface area contributed by atoms with Crippen LogP contribution in [0.15, 0.2) is 42.5 Å². The van der Waals surface area contributed by atoms with Crippen LogP contribution in [0.3, 0.4) is 0 Å².